The molecule has 0 heterocycles. The average molecular weight is 264 g/mol. The number of anilines is 1. The number of nitrogens with one attached hydrogen (secondary N) is 2. The largest absolute Gasteiger partial charge is 0.478 e. The van der Waals surface area contributed by atoms with E-state index in [1.54, 1.807) is 19.1 Å². The van der Waals surface area contributed by atoms with Crippen molar-refractivity contribution in [3.63, 3.8) is 0 Å². The van der Waals surface area contributed by atoms with Crippen molar-refractivity contribution in [1.82, 2.24) is 5.32 Å². The van der Waals surface area contributed by atoms with E-state index in [1.807, 2.05) is 0 Å². The van der Waals surface area contributed by atoms with Crippen molar-refractivity contribution in [2.24, 2.45) is 5.92 Å². The smallest absolute Gasteiger partial charge is 0.337 e. The molecule has 5 heteroatoms. The molecule has 3 N–H and O–H groups in total. The number of benzene rings is 1. The molecule has 0 radical (unpaired) electrons. The number of carbonyl (C=O) groups is 2. The normalized spacial score (nSPS) is 10.3. The summed E-state index contributed by atoms with van der Waals surface area (Å²) in [6.07, 6.45) is 0.882. The lowest BCUT2D eigenvalue weighted by atomic mass is 10.1. The summed E-state index contributed by atoms with van der Waals surface area (Å²) in [5.41, 5.74) is 1.16. The highest BCUT2D eigenvalue weighted by Gasteiger charge is 2.14. The zero-order valence-electron chi connectivity index (χ0n) is 11.5. The van der Waals surface area contributed by atoms with E-state index in [9.17, 15) is 9.59 Å². The van der Waals surface area contributed by atoms with E-state index in [0.29, 0.717) is 18.2 Å². The van der Waals surface area contributed by atoms with Crippen molar-refractivity contribution in [2.75, 3.05) is 11.9 Å². The Hall–Kier alpha value is -2.04. The summed E-state index contributed by atoms with van der Waals surface area (Å²) in [5.74, 6) is -0.547. The van der Waals surface area contributed by atoms with Gasteiger partial charge in [-0.1, -0.05) is 26.0 Å². The molecule has 0 atom stereocenters. The van der Waals surface area contributed by atoms with E-state index < -0.39 is 5.97 Å². The number of aromatic carboxylic acids is 1. The van der Waals surface area contributed by atoms with E-state index in [1.165, 1.54) is 6.07 Å². The quantitative estimate of drug-likeness (QED) is 0.765. The first-order valence-corrected chi connectivity index (χ1v) is 6.29. The van der Waals surface area contributed by atoms with Gasteiger partial charge in [0.05, 0.1) is 11.3 Å². The van der Waals surface area contributed by atoms with E-state index in [4.69, 9.17) is 5.11 Å². The van der Waals surface area contributed by atoms with Gasteiger partial charge in [0, 0.05) is 6.54 Å². The SMILES string of the molecule is Cc1cccc(C(=O)O)c1NC(=O)NCCC(C)C. The Kier molecular flexibility index (Phi) is 5.36. The molecule has 2 amide bonds. The van der Waals surface area contributed by atoms with Gasteiger partial charge < -0.3 is 15.7 Å². The number of carbonyl (C=O) groups excluding carboxylic acids is 1. The first-order chi connectivity index (χ1) is 8.91. The number of rotatable bonds is 5. The maximum absolute atomic E-state index is 11.7. The van der Waals surface area contributed by atoms with Crippen LogP contribution in [-0.2, 0) is 0 Å². The van der Waals surface area contributed by atoms with Crippen LogP contribution >= 0.6 is 0 Å². The van der Waals surface area contributed by atoms with Crippen molar-refractivity contribution in [2.45, 2.75) is 27.2 Å². The van der Waals surface area contributed by atoms with Gasteiger partial charge in [0.1, 0.15) is 0 Å². The summed E-state index contributed by atoms with van der Waals surface area (Å²) < 4.78 is 0. The first kappa shape index (κ1) is 15.0. The molecule has 5 nitrogen and oxygen atoms in total. The Morgan fingerprint density at radius 1 is 1.32 bits per heavy atom. The predicted octanol–water partition coefficient (Wildman–Crippen LogP) is 2.86. The third-order valence-corrected chi connectivity index (χ3v) is 2.75. The van der Waals surface area contributed by atoms with Crippen LogP contribution < -0.4 is 10.6 Å². The maximum atomic E-state index is 11.7. The molecule has 0 aromatic heterocycles. The van der Waals surface area contributed by atoms with Crippen molar-refractivity contribution < 1.29 is 14.7 Å². The van der Waals surface area contributed by atoms with Crippen LogP contribution in [0, 0.1) is 12.8 Å². The molecule has 1 aromatic rings. The van der Waals surface area contributed by atoms with Gasteiger partial charge in [0.25, 0.3) is 0 Å². The zero-order chi connectivity index (χ0) is 14.4. The Bertz CT molecular complexity index is 470. The summed E-state index contributed by atoms with van der Waals surface area (Å²) in [6.45, 7) is 6.47. The topological polar surface area (TPSA) is 78.4 Å². The highest BCUT2D eigenvalue weighted by molar-refractivity contribution is 6.00. The standard InChI is InChI=1S/C14H20N2O3/c1-9(2)7-8-15-14(19)16-12-10(3)5-4-6-11(12)13(17)18/h4-6,9H,7-8H2,1-3H3,(H,17,18)(H2,15,16,19). The Morgan fingerprint density at radius 3 is 2.58 bits per heavy atom. The van der Waals surface area contributed by atoms with Crippen molar-refractivity contribution in [1.29, 1.82) is 0 Å². The summed E-state index contributed by atoms with van der Waals surface area (Å²) in [4.78, 5) is 22.8. The van der Waals surface area contributed by atoms with Crippen LogP contribution in [0.1, 0.15) is 36.2 Å². The number of urea groups is 1. The number of hydrogen-bond acceptors (Lipinski definition) is 2. The molecule has 0 aliphatic heterocycles. The molecule has 1 aromatic carbocycles. The summed E-state index contributed by atoms with van der Waals surface area (Å²) in [7, 11) is 0. The van der Waals surface area contributed by atoms with Gasteiger partial charge in [-0.15, -0.1) is 0 Å². The van der Waals surface area contributed by atoms with Crippen molar-refractivity contribution in [3.8, 4) is 0 Å². The number of aryl methyl sites for hydroxylation is 1. The Morgan fingerprint density at radius 2 is 2.00 bits per heavy atom. The molecule has 0 bridgehead atoms. The summed E-state index contributed by atoms with van der Waals surface area (Å²) >= 11 is 0. The highest BCUT2D eigenvalue weighted by Crippen LogP contribution is 2.20. The van der Waals surface area contributed by atoms with Crippen LogP contribution in [0.15, 0.2) is 18.2 Å². The second-order valence-electron chi connectivity index (χ2n) is 4.87. The minimum atomic E-state index is -1.05. The first-order valence-electron chi connectivity index (χ1n) is 6.29. The van der Waals surface area contributed by atoms with Gasteiger partial charge >= 0.3 is 12.0 Å². The van der Waals surface area contributed by atoms with E-state index in [-0.39, 0.29) is 11.6 Å². The van der Waals surface area contributed by atoms with Crippen LogP contribution in [0.25, 0.3) is 0 Å². The molecular weight excluding hydrogens is 244 g/mol. The molecule has 0 aliphatic rings. The van der Waals surface area contributed by atoms with Gasteiger partial charge in [0.15, 0.2) is 0 Å². The summed E-state index contributed by atoms with van der Waals surface area (Å²) in [5, 5.41) is 14.4. The molecule has 0 spiro atoms. The third-order valence-electron chi connectivity index (χ3n) is 2.75. The highest BCUT2D eigenvalue weighted by atomic mass is 16.4. The van der Waals surface area contributed by atoms with Gasteiger partial charge in [-0.2, -0.15) is 0 Å². The van der Waals surface area contributed by atoms with E-state index in [0.717, 1.165) is 12.0 Å². The molecule has 0 saturated carbocycles. The Labute approximate surface area is 113 Å². The summed E-state index contributed by atoms with van der Waals surface area (Å²) in [6, 6.07) is 4.51. The van der Waals surface area contributed by atoms with Crippen LogP contribution in [0.3, 0.4) is 0 Å². The fourth-order valence-corrected chi connectivity index (χ4v) is 1.64. The Balaban J connectivity index is 2.71. The van der Waals surface area contributed by atoms with Crippen LogP contribution in [-0.4, -0.2) is 23.7 Å². The fraction of sp³-hybridized carbons (Fsp3) is 0.429. The third kappa shape index (κ3) is 4.62. The number of para-hydroxylation sites is 1. The lowest BCUT2D eigenvalue weighted by Crippen LogP contribution is -2.31. The molecule has 0 unspecified atom stereocenters. The van der Waals surface area contributed by atoms with Crippen molar-refractivity contribution >= 4 is 17.7 Å². The van der Waals surface area contributed by atoms with Crippen LogP contribution in [0.4, 0.5) is 10.5 Å². The minimum absolute atomic E-state index is 0.0963. The van der Waals surface area contributed by atoms with Gasteiger partial charge in [-0.05, 0) is 30.9 Å². The predicted molar refractivity (Wildman–Crippen MR) is 74.6 cm³/mol. The number of carboxylic acid groups (broad SMARTS) is 1. The van der Waals surface area contributed by atoms with Crippen LogP contribution in [0.2, 0.25) is 0 Å². The average Bonchev–Trinajstić information content (AvgIpc) is 2.30. The van der Waals surface area contributed by atoms with Gasteiger partial charge in [0.2, 0.25) is 0 Å². The number of hydrogen-bond donors (Lipinski definition) is 3. The minimum Gasteiger partial charge on any atom is -0.478 e. The van der Waals surface area contributed by atoms with Crippen molar-refractivity contribution in [3.05, 3.63) is 29.3 Å². The van der Waals surface area contributed by atoms with E-state index >= 15 is 0 Å². The lowest BCUT2D eigenvalue weighted by molar-refractivity contribution is 0.0698. The van der Waals surface area contributed by atoms with Gasteiger partial charge in [-0.3, -0.25) is 0 Å². The molecular formula is C14H20N2O3. The zero-order valence-corrected chi connectivity index (χ0v) is 11.5. The second kappa shape index (κ2) is 6.78. The number of amides is 2. The monoisotopic (exact) mass is 264 g/mol. The molecule has 0 fully saturated rings. The molecule has 1 rings (SSSR count). The molecule has 104 valence electrons. The van der Waals surface area contributed by atoms with E-state index in [2.05, 4.69) is 24.5 Å². The molecule has 19 heavy (non-hydrogen) atoms. The second-order valence-corrected chi connectivity index (χ2v) is 4.87. The maximum Gasteiger partial charge on any atom is 0.337 e. The van der Waals surface area contributed by atoms with Gasteiger partial charge in [-0.25, -0.2) is 9.59 Å². The molecule has 0 saturated heterocycles. The fourth-order valence-electron chi connectivity index (χ4n) is 1.64. The van der Waals surface area contributed by atoms with Crippen LogP contribution in [0.5, 0.6) is 0 Å². The number of carboxylic acids is 1. The molecule has 0 aliphatic carbocycles. The lowest BCUT2D eigenvalue weighted by Gasteiger charge is -2.13.